The zero-order valence-electron chi connectivity index (χ0n) is 16.3. The summed E-state index contributed by atoms with van der Waals surface area (Å²) in [5.74, 6) is -0.392. The van der Waals surface area contributed by atoms with Gasteiger partial charge in [-0.25, -0.2) is 0 Å². The first-order chi connectivity index (χ1) is 13.6. The molecule has 0 aliphatic heterocycles. The molecule has 2 atom stereocenters. The van der Waals surface area contributed by atoms with Crippen LogP contribution in [0.2, 0.25) is 0 Å². The van der Waals surface area contributed by atoms with Gasteiger partial charge in [-0.3, -0.25) is 9.59 Å². The third-order valence-corrected chi connectivity index (χ3v) is 5.41. The molecule has 2 N–H and O–H groups in total. The molecule has 156 valence electrons. The molecule has 2 aromatic carbocycles. The maximum absolute atomic E-state index is 12.6. The van der Waals surface area contributed by atoms with Crippen molar-refractivity contribution in [3.63, 3.8) is 0 Å². The summed E-state index contributed by atoms with van der Waals surface area (Å²) in [6.07, 6.45) is -4.39. The highest BCUT2D eigenvalue weighted by Gasteiger charge is 2.30. The molecule has 2 rings (SSSR count). The molecule has 4 nitrogen and oxygen atoms in total. The lowest BCUT2D eigenvalue weighted by molar-refractivity contribution is -0.137. The summed E-state index contributed by atoms with van der Waals surface area (Å²) in [6, 6.07) is 11.6. The molecular weight excluding hydrogens is 401 g/mol. The zero-order chi connectivity index (χ0) is 21.6. The quantitative estimate of drug-likeness (QED) is 0.661. The van der Waals surface area contributed by atoms with Crippen LogP contribution in [-0.2, 0) is 15.8 Å². The number of thioether (sulfide) groups is 1. The van der Waals surface area contributed by atoms with Gasteiger partial charge in [0.25, 0.3) is 0 Å². The van der Waals surface area contributed by atoms with Crippen molar-refractivity contribution in [2.75, 3.05) is 11.1 Å². The first-order valence-electron chi connectivity index (χ1n) is 9.02. The Kier molecular flexibility index (Phi) is 7.73. The van der Waals surface area contributed by atoms with Crippen molar-refractivity contribution in [1.29, 1.82) is 0 Å². The summed E-state index contributed by atoms with van der Waals surface area (Å²) >= 11 is 1.19. The number of carbonyl (C=O) groups is 2. The van der Waals surface area contributed by atoms with Gasteiger partial charge in [-0.1, -0.05) is 29.8 Å². The van der Waals surface area contributed by atoms with Crippen molar-refractivity contribution in [3.05, 3.63) is 65.2 Å². The Labute approximate surface area is 172 Å². The van der Waals surface area contributed by atoms with Crippen molar-refractivity contribution in [2.24, 2.45) is 0 Å². The van der Waals surface area contributed by atoms with Gasteiger partial charge in [0.2, 0.25) is 11.8 Å². The molecule has 0 aliphatic carbocycles. The Hall–Kier alpha value is -2.48. The van der Waals surface area contributed by atoms with E-state index in [0.717, 1.165) is 17.7 Å². The lowest BCUT2D eigenvalue weighted by atomic mass is 10.1. The molecule has 0 fully saturated rings. The maximum atomic E-state index is 12.6. The SMILES string of the molecule is Cc1ccc(NC(=O)CSC(C)C(=O)NC(C)c2ccc(C(F)(F)F)cc2)cc1. The summed E-state index contributed by atoms with van der Waals surface area (Å²) in [5.41, 5.74) is 1.61. The molecule has 0 spiro atoms. The molecular formula is C21H23F3N2O2S. The van der Waals surface area contributed by atoms with Crippen LogP contribution in [0.15, 0.2) is 48.5 Å². The van der Waals surface area contributed by atoms with E-state index >= 15 is 0 Å². The second-order valence-electron chi connectivity index (χ2n) is 6.72. The topological polar surface area (TPSA) is 58.2 Å². The number of hydrogen-bond donors (Lipinski definition) is 2. The molecule has 0 aromatic heterocycles. The normalized spacial score (nSPS) is 13.4. The second-order valence-corrected chi connectivity index (χ2v) is 8.05. The Morgan fingerprint density at radius 3 is 2.14 bits per heavy atom. The summed E-state index contributed by atoms with van der Waals surface area (Å²) in [7, 11) is 0. The molecule has 2 aromatic rings. The summed E-state index contributed by atoms with van der Waals surface area (Å²) in [6.45, 7) is 5.33. The fourth-order valence-corrected chi connectivity index (χ4v) is 3.18. The highest BCUT2D eigenvalue weighted by atomic mass is 32.2. The molecule has 8 heteroatoms. The molecule has 0 saturated carbocycles. The average molecular weight is 424 g/mol. The van der Waals surface area contributed by atoms with Gasteiger partial charge in [0, 0.05) is 5.69 Å². The lowest BCUT2D eigenvalue weighted by Gasteiger charge is -2.18. The number of aryl methyl sites for hydroxylation is 1. The van der Waals surface area contributed by atoms with Crippen LogP contribution in [0, 0.1) is 6.92 Å². The second kappa shape index (κ2) is 9.82. The van der Waals surface area contributed by atoms with E-state index in [0.29, 0.717) is 11.3 Å². The van der Waals surface area contributed by atoms with Gasteiger partial charge in [-0.15, -0.1) is 11.8 Å². The third kappa shape index (κ3) is 7.12. The highest BCUT2D eigenvalue weighted by Crippen LogP contribution is 2.30. The van der Waals surface area contributed by atoms with E-state index in [9.17, 15) is 22.8 Å². The first kappa shape index (κ1) is 22.8. The highest BCUT2D eigenvalue weighted by molar-refractivity contribution is 8.01. The van der Waals surface area contributed by atoms with E-state index in [-0.39, 0.29) is 17.6 Å². The van der Waals surface area contributed by atoms with Crippen LogP contribution in [-0.4, -0.2) is 22.8 Å². The summed E-state index contributed by atoms with van der Waals surface area (Å²) in [4.78, 5) is 24.3. The molecule has 0 heterocycles. The van der Waals surface area contributed by atoms with Crippen LogP contribution in [0.5, 0.6) is 0 Å². The fraction of sp³-hybridized carbons (Fsp3) is 0.333. The molecule has 0 aliphatic rings. The minimum Gasteiger partial charge on any atom is -0.349 e. The molecule has 0 bridgehead atoms. The van der Waals surface area contributed by atoms with Gasteiger partial charge < -0.3 is 10.6 Å². The van der Waals surface area contributed by atoms with Gasteiger partial charge in [-0.05, 0) is 50.6 Å². The van der Waals surface area contributed by atoms with Crippen LogP contribution < -0.4 is 10.6 Å². The van der Waals surface area contributed by atoms with Crippen molar-refractivity contribution in [1.82, 2.24) is 5.32 Å². The Morgan fingerprint density at radius 1 is 1.00 bits per heavy atom. The number of hydrogen-bond acceptors (Lipinski definition) is 3. The van der Waals surface area contributed by atoms with E-state index in [1.54, 1.807) is 26.0 Å². The molecule has 2 amide bonds. The van der Waals surface area contributed by atoms with Gasteiger partial charge in [0.05, 0.1) is 22.6 Å². The number of carbonyl (C=O) groups excluding carboxylic acids is 2. The van der Waals surface area contributed by atoms with Crippen molar-refractivity contribution in [3.8, 4) is 0 Å². The van der Waals surface area contributed by atoms with Crippen LogP contribution in [0.3, 0.4) is 0 Å². The largest absolute Gasteiger partial charge is 0.416 e. The number of benzene rings is 2. The summed E-state index contributed by atoms with van der Waals surface area (Å²) in [5, 5.41) is 5.04. The lowest BCUT2D eigenvalue weighted by Crippen LogP contribution is -2.33. The van der Waals surface area contributed by atoms with Crippen LogP contribution in [0.25, 0.3) is 0 Å². The van der Waals surface area contributed by atoms with E-state index in [1.165, 1.54) is 23.9 Å². The monoisotopic (exact) mass is 424 g/mol. The molecule has 0 radical (unpaired) electrons. The minimum atomic E-state index is -4.39. The maximum Gasteiger partial charge on any atom is 0.416 e. The smallest absolute Gasteiger partial charge is 0.349 e. The number of rotatable bonds is 7. The van der Waals surface area contributed by atoms with Gasteiger partial charge in [0.1, 0.15) is 0 Å². The Bertz CT molecular complexity index is 836. The van der Waals surface area contributed by atoms with Crippen LogP contribution >= 0.6 is 11.8 Å². The van der Waals surface area contributed by atoms with Gasteiger partial charge in [-0.2, -0.15) is 13.2 Å². The van der Waals surface area contributed by atoms with E-state index in [2.05, 4.69) is 10.6 Å². The van der Waals surface area contributed by atoms with E-state index in [1.807, 2.05) is 19.1 Å². The number of anilines is 1. The predicted molar refractivity (Wildman–Crippen MR) is 110 cm³/mol. The number of halogens is 3. The van der Waals surface area contributed by atoms with E-state index in [4.69, 9.17) is 0 Å². The zero-order valence-corrected chi connectivity index (χ0v) is 17.2. The Morgan fingerprint density at radius 2 is 1.59 bits per heavy atom. The predicted octanol–water partition coefficient (Wildman–Crippen LogP) is 4.95. The first-order valence-corrected chi connectivity index (χ1v) is 10.1. The standard InChI is InChI=1S/C21H23F3N2O2S/c1-13-4-10-18(11-5-13)26-19(27)12-29-15(3)20(28)25-14(2)16-6-8-17(9-7-16)21(22,23)24/h4-11,14-15H,12H2,1-3H3,(H,25,28)(H,26,27). The molecule has 2 unspecified atom stereocenters. The number of alkyl halides is 3. The van der Waals surface area contributed by atoms with Crippen molar-refractivity contribution < 1.29 is 22.8 Å². The van der Waals surface area contributed by atoms with Crippen LogP contribution in [0.1, 0.15) is 36.6 Å². The van der Waals surface area contributed by atoms with Crippen molar-refractivity contribution >= 4 is 29.3 Å². The molecule has 0 saturated heterocycles. The van der Waals surface area contributed by atoms with E-state index < -0.39 is 23.0 Å². The molecule has 29 heavy (non-hydrogen) atoms. The minimum absolute atomic E-state index is 0.108. The van der Waals surface area contributed by atoms with Gasteiger partial charge in [0.15, 0.2) is 0 Å². The third-order valence-electron chi connectivity index (χ3n) is 4.27. The van der Waals surface area contributed by atoms with Crippen molar-refractivity contribution in [2.45, 2.75) is 38.2 Å². The summed E-state index contributed by atoms with van der Waals surface area (Å²) < 4.78 is 37.9. The number of amides is 2. The van der Waals surface area contributed by atoms with Gasteiger partial charge >= 0.3 is 6.18 Å². The fourth-order valence-electron chi connectivity index (χ4n) is 2.49. The average Bonchev–Trinajstić information content (AvgIpc) is 2.67. The Balaban J connectivity index is 1.81. The number of nitrogens with one attached hydrogen (secondary N) is 2. The van der Waals surface area contributed by atoms with Crippen LogP contribution in [0.4, 0.5) is 18.9 Å².